The van der Waals surface area contributed by atoms with Crippen LogP contribution in [0.4, 0.5) is 15.2 Å². The number of piperazine rings is 1. The number of hydrogen-bond donors (Lipinski definition) is 1. The molecular formula is C19H17ClFN5O3S2. The van der Waals surface area contributed by atoms with E-state index in [1.165, 1.54) is 10.4 Å². The molecule has 31 heavy (non-hydrogen) atoms. The maximum absolute atomic E-state index is 14.0. The molecule has 1 N–H and O–H groups in total. The highest BCUT2D eigenvalue weighted by atomic mass is 35.5. The van der Waals surface area contributed by atoms with Crippen molar-refractivity contribution in [2.75, 3.05) is 36.4 Å². The molecule has 0 aliphatic carbocycles. The van der Waals surface area contributed by atoms with Crippen molar-refractivity contribution in [3.63, 3.8) is 0 Å². The molecule has 0 atom stereocenters. The van der Waals surface area contributed by atoms with E-state index in [1.54, 1.807) is 47.4 Å². The summed E-state index contributed by atoms with van der Waals surface area (Å²) in [5.41, 5.74) is 0.688. The van der Waals surface area contributed by atoms with Gasteiger partial charge in [-0.3, -0.25) is 10.1 Å². The second-order valence-corrected chi connectivity index (χ2v) is 10.1. The van der Waals surface area contributed by atoms with Crippen LogP contribution in [0.25, 0.3) is 0 Å². The predicted molar refractivity (Wildman–Crippen MR) is 117 cm³/mol. The molecule has 4 rings (SSSR count). The Morgan fingerprint density at radius 1 is 1.03 bits per heavy atom. The van der Waals surface area contributed by atoms with E-state index in [0.29, 0.717) is 18.8 Å². The molecule has 1 fully saturated rings. The minimum absolute atomic E-state index is 0.0495. The van der Waals surface area contributed by atoms with Gasteiger partial charge in [0.05, 0.1) is 16.3 Å². The lowest BCUT2D eigenvalue weighted by Crippen LogP contribution is -2.48. The molecule has 0 unspecified atom stereocenters. The highest BCUT2D eigenvalue weighted by molar-refractivity contribution is 7.91. The van der Waals surface area contributed by atoms with Gasteiger partial charge in [-0.1, -0.05) is 47.2 Å². The van der Waals surface area contributed by atoms with Gasteiger partial charge in [0.25, 0.3) is 15.9 Å². The number of carbonyl (C=O) groups is 1. The van der Waals surface area contributed by atoms with Gasteiger partial charge < -0.3 is 4.90 Å². The van der Waals surface area contributed by atoms with E-state index >= 15 is 0 Å². The Balaban J connectivity index is 1.43. The van der Waals surface area contributed by atoms with Gasteiger partial charge in [-0.2, -0.15) is 4.31 Å². The fourth-order valence-corrected chi connectivity index (χ4v) is 5.84. The summed E-state index contributed by atoms with van der Waals surface area (Å²) in [4.78, 5) is 14.1. The number of carbonyl (C=O) groups excluding carboxylic acids is 1. The molecule has 2 aromatic carbocycles. The second-order valence-electron chi connectivity index (χ2n) is 6.65. The fourth-order valence-electron chi connectivity index (χ4n) is 3.16. The quantitative estimate of drug-likeness (QED) is 0.563. The van der Waals surface area contributed by atoms with Gasteiger partial charge in [-0.15, -0.1) is 10.2 Å². The molecule has 1 amide bonds. The summed E-state index contributed by atoms with van der Waals surface area (Å²) in [6.07, 6.45) is 0. The lowest BCUT2D eigenvalue weighted by atomic mass is 10.2. The third-order valence-corrected chi connectivity index (χ3v) is 8.15. The van der Waals surface area contributed by atoms with Crippen molar-refractivity contribution in [2.45, 2.75) is 4.34 Å². The summed E-state index contributed by atoms with van der Waals surface area (Å²) in [6.45, 7) is 1.04. The molecule has 0 saturated carbocycles. The number of sulfonamides is 1. The summed E-state index contributed by atoms with van der Waals surface area (Å²) < 4.78 is 40.9. The van der Waals surface area contributed by atoms with Crippen molar-refractivity contribution in [1.82, 2.24) is 14.5 Å². The van der Waals surface area contributed by atoms with Crippen molar-refractivity contribution in [1.29, 1.82) is 0 Å². The van der Waals surface area contributed by atoms with Gasteiger partial charge in [-0.05, 0) is 24.3 Å². The Morgan fingerprint density at radius 3 is 2.42 bits per heavy atom. The zero-order valence-electron chi connectivity index (χ0n) is 16.0. The first-order valence-electron chi connectivity index (χ1n) is 9.25. The number of hydrogen-bond acceptors (Lipinski definition) is 7. The van der Waals surface area contributed by atoms with Gasteiger partial charge >= 0.3 is 0 Å². The number of nitrogens with zero attached hydrogens (tertiary/aromatic N) is 4. The molecule has 1 aliphatic heterocycles. The molecule has 1 aliphatic rings. The summed E-state index contributed by atoms with van der Waals surface area (Å²) in [5.74, 6) is -0.856. The first-order valence-corrected chi connectivity index (χ1v) is 11.9. The van der Waals surface area contributed by atoms with E-state index in [9.17, 15) is 17.6 Å². The standard InChI is InChI=1S/C19H17ClFN5O3S2/c20-14-6-2-1-5-13(14)17(27)22-18-23-24-19(30-18)31(28,29)26-11-9-25(10-12-26)16-8-4-3-7-15(16)21/h1-8H,9-12H2,(H,22,23,27). The molecule has 0 bridgehead atoms. The van der Waals surface area contributed by atoms with Crippen LogP contribution in [0.1, 0.15) is 10.4 Å². The molecule has 3 aromatic rings. The van der Waals surface area contributed by atoms with Crippen LogP contribution in [0.5, 0.6) is 0 Å². The van der Waals surface area contributed by atoms with Gasteiger partial charge in [0, 0.05) is 26.2 Å². The van der Waals surface area contributed by atoms with Crippen molar-refractivity contribution >= 4 is 49.7 Å². The Kier molecular flexibility index (Phi) is 6.19. The van der Waals surface area contributed by atoms with Crippen LogP contribution in [-0.2, 0) is 10.0 Å². The first-order chi connectivity index (χ1) is 14.9. The highest BCUT2D eigenvalue weighted by Gasteiger charge is 2.32. The maximum atomic E-state index is 14.0. The van der Waals surface area contributed by atoms with Crippen LogP contribution in [0.3, 0.4) is 0 Å². The number of anilines is 2. The molecule has 162 valence electrons. The Labute approximate surface area is 187 Å². The van der Waals surface area contributed by atoms with Gasteiger partial charge in [-0.25, -0.2) is 12.8 Å². The van der Waals surface area contributed by atoms with Crippen LogP contribution in [0.15, 0.2) is 52.9 Å². The molecule has 1 aromatic heterocycles. The number of rotatable bonds is 5. The van der Waals surface area contributed by atoms with Crippen molar-refractivity contribution < 1.29 is 17.6 Å². The van der Waals surface area contributed by atoms with E-state index in [4.69, 9.17) is 11.6 Å². The van der Waals surface area contributed by atoms with E-state index in [2.05, 4.69) is 15.5 Å². The van der Waals surface area contributed by atoms with Gasteiger partial charge in [0.2, 0.25) is 9.47 Å². The number of nitrogens with one attached hydrogen (secondary N) is 1. The molecule has 12 heteroatoms. The maximum Gasteiger partial charge on any atom is 0.272 e. The number of aromatic nitrogens is 2. The zero-order valence-corrected chi connectivity index (χ0v) is 18.4. The van der Waals surface area contributed by atoms with E-state index in [-0.39, 0.29) is 39.0 Å². The number of amides is 1. The highest BCUT2D eigenvalue weighted by Crippen LogP contribution is 2.27. The smallest absolute Gasteiger partial charge is 0.272 e. The SMILES string of the molecule is O=C(Nc1nnc(S(=O)(=O)N2CCN(c3ccccc3F)CC2)s1)c1ccccc1Cl. The molecule has 0 spiro atoms. The molecule has 8 nitrogen and oxygen atoms in total. The molecule has 0 radical (unpaired) electrons. The van der Waals surface area contributed by atoms with Gasteiger partial charge in [0.1, 0.15) is 5.82 Å². The minimum atomic E-state index is -3.89. The average molecular weight is 482 g/mol. The lowest BCUT2D eigenvalue weighted by molar-refractivity contribution is 0.102. The topological polar surface area (TPSA) is 95.5 Å². The predicted octanol–water partition coefficient (Wildman–Crippen LogP) is 3.09. The third-order valence-electron chi connectivity index (χ3n) is 4.74. The van der Waals surface area contributed by atoms with E-state index in [0.717, 1.165) is 11.3 Å². The lowest BCUT2D eigenvalue weighted by Gasteiger charge is -2.34. The molecule has 1 saturated heterocycles. The monoisotopic (exact) mass is 481 g/mol. The summed E-state index contributed by atoms with van der Waals surface area (Å²) in [6, 6.07) is 12.9. The molecular weight excluding hydrogens is 465 g/mol. The summed E-state index contributed by atoms with van der Waals surface area (Å²) >= 11 is 6.77. The first kappa shape index (κ1) is 21.6. The number of benzene rings is 2. The van der Waals surface area contributed by atoms with Crippen LogP contribution in [0.2, 0.25) is 5.02 Å². The summed E-state index contributed by atoms with van der Waals surface area (Å²) in [5, 5.41) is 10.4. The Morgan fingerprint density at radius 2 is 1.71 bits per heavy atom. The second kappa shape index (κ2) is 8.87. The van der Waals surface area contributed by atoms with Crippen LogP contribution < -0.4 is 10.2 Å². The van der Waals surface area contributed by atoms with E-state index in [1.807, 2.05) is 0 Å². The van der Waals surface area contributed by atoms with Crippen molar-refractivity contribution in [3.05, 3.63) is 64.9 Å². The Hall–Kier alpha value is -2.60. The average Bonchev–Trinajstić information content (AvgIpc) is 3.24. The number of halogens is 2. The largest absolute Gasteiger partial charge is 0.367 e. The van der Waals surface area contributed by atoms with E-state index < -0.39 is 15.9 Å². The fraction of sp³-hybridized carbons (Fsp3) is 0.211. The molecule has 2 heterocycles. The number of para-hydroxylation sites is 1. The normalized spacial score (nSPS) is 15.1. The third kappa shape index (κ3) is 4.54. The van der Waals surface area contributed by atoms with Crippen molar-refractivity contribution in [3.8, 4) is 0 Å². The van der Waals surface area contributed by atoms with Crippen LogP contribution in [-0.4, -0.2) is 55.0 Å². The zero-order chi connectivity index (χ0) is 22.0. The Bertz CT molecular complexity index is 1210. The van der Waals surface area contributed by atoms with Gasteiger partial charge in [0.15, 0.2) is 0 Å². The van der Waals surface area contributed by atoms with Crippen LogP contribution in [0, 0.1) is 5.82 Å². The minimum Gasteiger partial charge on any atom is -0.367 e. The summed E-state index contributed by atoms with van der Waals surface area (Å²) in [7, 11) is -3.89. The van der Waals surface area contributed by atoms with Crippen molar-refractivity contribution in [2.24, 2.45) is 0 Å². The van der Waals surface area contributed by atoms with Crippen LogP contribution >= 0.6 is 22.9 Å².